The first-order valence-electron chi connectivity index (χ1n) is 6.78. The zero-order valence-electron chi connectivity index (χ0n) is 11.3. The number of carbonyl (C=O) groups excluding carboxylic acids is 1. The number of benzene rings is 1. The first kappa shape index (κ1) is 13.1. The molecule has 1 aliphatic rings. The lowest BCUT2D eigenvalue weighted by Gasteiger charge is -2.09. The van der Waals surface area contributed by atoms with Gasteiger partial charge in [-0.25, -0.2) is 4.98 Å². The molecule has 0 bridgehead atoms. The maximum atomic E-state index is 12.3. The van der Waals surface area contributed by atoms with E-state index in [0.717, 1.165) is 24.1 Å². The summed E-state index contributed by atoms with van der Waals surface area (Å²) < 4.78 is 5.76. The Labute approximate surface area is 121 Å². The van der Waals surface area contributed by atoms with E-state index in [2.05, 4.69) is 17.2 Å². The summed E-state index contributed by atoms with van der Waals surface area (Å²) in [6.07, 6.45) is 5.14. The Morgan fingerprint density at radius 2 is 2.25 bits per heavy atom. The van der Waals surface area contributed by atoms with Gasteiger partial charge in [-0.2, -0.15) is 0 Å². The van der Waals surface area contributed by atoms with E-state index in [1.807, 2.05) is 18.2 Å². The number of rotatable bonds is 5. The van der Waals surface area contributed by atoms with E-state index in [1.54, 1.807) is 12.3 Å². The van der Waals surface area contributed by atoms with Gasteiger partial charge in [0.25, 0.3) is 5.91 Å². The molecular weight excluding hydrogens is 272 g/mol. The summed E-state index contributed by atoms with van der Waals surface area (Å²) in [5.41, 5.74) is 0.563. The zero-order chi connectivity index (χ0) is 13.9. The van der Waals surface area contributed by atoms with Gasteiger partial charge in [0.1, 0.15) is 5.75 Å². The number of nitrogens with one attached hydrogen (secondary N) is 1. The van der Waals surface area contributed by atoms with E-state index in [-0.39, 0.29) is 12.0 Å². The number of hydrogen-bond donors (Lipinski definition) is 1. The van der Waals surface area contributed by atoms with Crippen LogP contribution in [0.2, 0.25) is 0 Å². The number of thiazole rings is 1. The fraction of sp³-hybridized carbons (Fsp3) is 0.333. The van der Waals surface area contributed by atoms with Crippen LogP contribution in [0, 0.1) is 0 Å². The van der Waals surface area contributed by atoms with Crippen LogP contribution in [-0.4, -0.2) is 17.0 Å². The van der Waals surface area contributed by atoms with Gasteiger partial charge in [0.2, 0.25) is 0 Å². The monoisotopic (exact) mass is 288 g/mol. The molecule has 0 unspecified atom stereocenters. The van der Waals surface area contributed by atoms with Gasteiger partial charge >= 0.3 is 0 Å². The fourth-order valence-corrected chi connectivity index (χ4v) is 2.56. The maximum absolute atomic E-state index is 12.3. The number of para-hydroxylation sites is 1. The minimum Gasteiger partial charge on any atom is -0.490 e. The molecule has 0 aliphatic heterocycles. The number of anilines is 1. The van der Waals surface area contributed by atoms with Crippen molar-refractivity contribution in [2.75, 3.05) is 5.32 Å². The summed E-state index contributed by atoms with van der Waals surface area (Å²) in [5.74, 6) is 0.484. The van der Waals surface area contributed by atoms with Crippen LogP contribution in [0.5, 0.6) is 5.75 Å². The van der Waals surface area contributed by atoms with Gasteiger partial charge in [0, 0.05) is 11.1 Å². The van der Waals surface area contributed by atoms with Crippen molar-refractivity contribution in [2.24, 2.45) is 0 Å². The molecule has 4 nitrogen and oxygen atoms in total. The average Bonchev–Trinajstić information content (AvgIpc) is 3.16. The van der Waals surface area contributed by atoms with Crippen molar-refractivity contribution >= 4 is 22.4 Å². The molecule has 1 N–H and O–H groups in total. The van der Waals surface area contributed by atoms with E-state index in [9.17, 15) is 4.79 Å². The first-order valence-corrected chi connectivity index (χ1v) is 7.59. The molecule has 0 saturated heterocycles. The Bertz CT molecular complexity index is 620. The standard InChI is InChI=1S/C15H16N2O2S/c1-2-11-9-16-15(20-11)17-14(18)12-5-3-4-6-13(12)19-10-7-8-10/h3-6,9-10H,2,7-8H2,1H3,(H,16,17,18). The van der Waals surface area contributed by atoms with Crippen LogP contribution in [0.1, 0.15) is 35.0 Å². The maximum Gasteiger partial charge on any atom is 0.261 e. The minimum atomic E-state index is -0.168. The van der Waals surface area contributed by atoms with Gasteiger partial charge in [0.05, 0.1) is 11.7 Å². The normalized spacial score (nSPS) is 14.1. The van der Waals surface area contributed by atoms with Crippen LogP contribution in [0.3, 0.4) is 0 Å². The topological polar surface area (TPSA) is 51.2 Å². The molecule has 1 heterocycles. The van der Waals surface area contributed by atoms with Gasteiger partial charge in [-0.05, 0) is 31.4 Å². The van der Waals surface area contributed by atoms with Gasteiger partial charge in [-0.3, -0.25) is 10.1 Å². The van der Waals surface area contributed by atoms with E-state index in [4.69, 9.17) is 4.74 Å². The summed E-state index contributed by atoms with van der Waals surface area (Å²) in [4.78, 5) is 17.7. The van der Waals surface area contributed by atoms with Crippen molar-refractivity contribution in [3.63, 3.8) is 0 Å². The van der Waals surface area contributed by atoms with Gasteiger partial charge < -0.3 is 4.74 Å². The second kappa shape index (κ2) is 5.63. The molecule has 1 aromatic heterocycles. The number of nitrogens with zero attached hydrogens (tertiary/aromatic N) is 1. The molecule has 1 amide bonds. The molecule has 2 aromatic rings. The van der Waals surface area contributed by atoms with Crippen molar-refractivity contribution in [2.45, 2.75) is 32.3 Å². The van der Waals surface area contributed by atoms with Crippen LogP contribution in [0.4, 0.5) is 5.13 Å². The van der Waals surface area contributed by atoms with E-state index >= 15 is 0 Å². The number of aromatic nitrogens is 1. The quantitative estimate of drug-likeness (QED) is 0.916. The van der Waals surface area contributed by atoms with Crippen molar-refractivity contribution in [3.05, 3.63) is 40.9 Å². The third-order valence-corrected chi connectivity index (χ3v) is 4.13. The summed E-state index contributed by atoms with van der Waals surface area (Å²) >= 11 is 1.50. The minimum absolute atomic E-state index is 0.168. The number of hydrogen-bond acceptors (Lipinski definition) is 4. The predicted octanol–water partition coefficient (Wildman–Crippen LogP) is 3.50. The molecular formula is C15H16N2O2S. The number of carbonyl (C=O) groups is 1. The summed E-state index contributed by atoms with van der Waals surface area (Å²) in [6.45, 7) is 2.07. The highest BCUT2D eigenvalue weighted by Crippen LogP contribution is 2.29. The summed E-state index contributed by atoms with van der Waals surface area (Å²) in [7, 11) is 0. The average molecular weight is 288 g/mol. The third kappa shape index (κ3) is 2.99. The Hall–Kier alpha value is -1.88. The zero-order valence-corrected chi connectivity index (χ0v) is 12.1. The molecule has 0 atom stereocenters. The summed E-state index contributed by atoms with van der Waals surface area (Å²) in [5, 5.41) is 3.47. The molecule has 1 saturated carbocycles. The molecule has 20 heavy (non-hydrogen) atoms. The molecule has 1 aliphatic carbocycles. The Kier molecular flexibility index (Phi) is 3.69. The van der Waals surface area contributed by atoms with Gasteiger partial charge in [-0.15, -0.1) is 11.3 Å². The molecule has 104 valence electrons. The predicted molar refractivity (Wildman–Crippen MR) is 79.5 cm³/mol. The van der Waals surface area contributed by atoms with Crippen molar-refractivity contribution < 1.29 is 9.53 Å². The van der Waals surface area contributed by atoms with Gasteiger partial charge in [-0.1, -0.05) is 19.1 Å². The molecule has 1 aromatic carbocycles. The second-order valence-electron chi connectivity index (χ2n) is 4.75. The lowest BCUT2D eigenvalue weighted by Crippen LogP contribution is -2.13. The largest absolute Gasteiger partial charge is 0.490 e. The lowest BCUT2D eigenvalue weighted by molar-refractivity contribution is 0.102. The van der Waals surface area contributed by atoms with Crippen molar-refractivity contribution in [1.29, 1.82) is 0 Å². The van der Waals surface area contributed by atoms with Crippen molar-refractivity contribution in [1.82, 2.24) is 4.98 Å². The molecule has 3 rings (SSSR count). The van der Waals surface area contributed by atoms with Gasteiger partial charge in [0.15, 0.2) is 5.13 Å². The van der Waals surface area contributed by atoms with Crippen LogP contribution < -0.4 is 10.1 Å². The number of ether oxygens (including phenoxy) is 1. The molecule has 5 heteroatoms. The molecule has 1 fully saturated rings. The van der Waals surface area contributed by atoms with E-state index in [0.29, 0.717) is 16.4 Å². The Morgan fingerprint density at radius 3 is 2.95 bits per heavy atom. The fourth-order valence-electron chi connectivity index (χ4n) is 1.82. The lowest BCUT2D eigenvalue weighted by atomic mass is 10.2. The second-order valence-corrected chi connectivity index (χ2v) is 5.87. The Balaban J connectivity index is 1.75. The van der Waals surface area contributed by atoms with E-state index < -0.39 is 0 Å². The highest BCUT2D eigenvalue weighted by molar-refractivity contribution is 7.15. The van der Waals surface area contributed by atoms with Crippen LogP contribution >= 0.6 is 11.3 Å². The van der Waals surface area contributed by atoms with Crippen LogP contribution in [0.25, 0.3) is 0 Å². The van der Waals surface area contributed by atoms with Crippen LogP contribution in [-0.2, 0) is 6.42 Å². The summed E-state index contributed by atoms with van der Waals surface area (Å²) in [6, 6.07) is 7.34. The smallest absolute Gasteiger partial charge is 0.261 e. The first-order chi connectivity index (χ1) is 9.76. The van der Waals surface area contributed by atoms with E-state index in [1.165, 1.54) is 11.3 Å². The van der Waals surface area contributed by atoms with Crippen molar-refractivity contribution in [3.8, 4) is 5.75 Å². The SMILES string of the molecule is CCc1cnc(NC(=O)c2ccccc2OC2CC2)s1. The third-order valence-electron chi connectivity index (χ3n) is 3.07. The molecule has 0 radical (unpaired) electrons. The number of aryl methyl sites for hydroxylation is 1. The highest BCUT2D eigenvalue weighted by Gasteiger charge is 2.25. The number of amides is 1. The van der Waals surface area contributed by atoms with Crippen LogP contribution in [0.15, 0.2) is 30.5 Å². The highest BCUT2D eigenvalue weighted by atomic mass is 32.1. The molecule has 0 spiro atoms. The Morgan fingerprint density at radius 1 is 1.45 bits per heavy atom.